The van der Waals surface area contributed by atoms with E-state index in [0.29, 0.717) is 12.5 Å². The smallest absolute Gasteiger partial charge is 0.119 e. The Morgan fingerprint density at radius 2 is 1.83 bits per heavy atom. The molecule has 100 valence electrons. The second-order valence-corrected chi connectivity index (χ2v) is 5.27. The van der Waals surface area contributed by atoms with E-state index in [2.05, 4.69) is 19.1 Å². The van der Waals surface area contributed by atoms with Crippen molar-refractivity contribution in [2.45, 2.75) is 51.6 Å². The predicted octanol–water partition coefficient (Wildman–Crippen LogP) is 3.57. The van der Waals surface area contributed by atoms with E-state index < -0.39 is 0 Å². The average molecular weight is 248 g/mol. The van der Waals surface area contributed by atoms with Gasteiger partial charge in [-0.2, -0.15) is 0 Å². The molecule has 18 heavy (non-hydrogen) atoms. The largest absolute Gasteiger partial charge is 0.491 e. The molecule has 0 radical (unpaired) electrons. The zero-order valence-electron chi connectivity index (χ0n) is 11.3. The molecule has 0 heterocycles. The summed E-state index contributed by atoms with van der Waals surface area (Å²) < 4.78 is 5.67. The number of aliphatic hydroxyl groups excluding tert-OH is 1. The van der Waals surface area contributed by atoms with Crippen LogP contribution in [0.15, 0.2) is 24.3 Å². The van der Waals surface area contributed by atoms with Crippen LogP contribution in [0.4, 0.5) is 0 Å². The standard InChI is InChI=1S/C16H24O2/c1-2-13-8-10-15(11-9-13)18-12-16(17)14-6-4-3-5-7-14/h8-11,14,16-17H,2-7,12H2,1H3. The van der Waals surface area contributed by atoms with E-state index in [-0.39, 0.29) is 6.10 Å². The molecule has 1 aliphatic rings. The molecule has 2 nitrogen and oxygen atoms in total. The topological polar surface area (TPSA) is 29.5 Å². The molecule has 1 fully saturated rings. The monoisotopic (exact) mass is 248 g/mol. The van der Waals surface area contributed by atoms with Gasteiger partial charge in [0.05, 0.1) is 6.10 Å². The van der Waals surface area contributed by atoms with E-state index in [1.165, 1.54) is 24.8 Å². The molecule has 1 saturated carbocycles. The summed E-state index contributed by atoms with van der Waals surface area (Å²) in [7, 11) is 0. The Morgan fingerprint density at radius 1 is 1.17 bits per heavy atom. The van der Waals surface area contributed by atoms with Crippen LogP contribution in [0.1, 0.15) is 44.6 Å². The maximum Gasteiger partial charge on any atom is 0.119 e. The van der Waals surface area contributed by atoms with E-state index in [1.54, 1.807) is 0 Å². The van der Waals surface area contributed by atoms with Crippen molar-refractivity contribution >= 4 is 0 Å². The molecule has 1 aromatic rings. The molecule has 0 amide bonds. The Hall–Kier alpha value is -1.02. The van der Waals surface area contributed by atoms with E-state index in [0.717, 1.165) is 25.0 Å². The summed E-state index contributed by atoms with van der Waals surface area (Å²) in [6.45, 7) is 2.57. The van der Waals surface area contributed by atoms with Gasteiger partial charge in [0.15, 0.2) is 0 Å². The van der Waals surface area contributed by atoms with Crippen LogP contribution in [-0.2, 0) is 6.42 Å². The van der Waals surface area contributed by atoms with Crippen LogP contribution in [0, 0.1) is 5.92 Å². The van der Waals surface area contributed by atoms with Crippen molar-refractivity contribution in [3.05, 3.63) is 29.8 Å². The maximum atomic E-state index is 10.1. The summed E-state index contributed by atoms with van der Waals surface area (Å²) in [5.41, 5.74) is 1.31. The van der Waals surface area contributed by atoms with Crippen LogP contribution in [0.5, 0.6) is 5.75 Å². The zero-order chi connectivity index (χ0) is 12.8. The summed E-state index contributed by atoms with van der Waals surface area (Å²) in [5, 5.41) is 10.1. The van der Waals surface area contributed by atoms with Crippen LogP contribution in [0.25, 0.3) is 0 Å². The van der Waals surface area contributed by atoms with Gasteiger partial charge in [0.1, 0.15) is 12.4 Å². The molecular weight excluding hydrogens is 224 g/mol. The highest BCUT2D eigenvalue weighted by Gasteiger charge is 2.21. The lowest BCUT2D eigenvalue weighted by atomic mass is 9.85. The fourth-order valence-corrected chi connectivity index (χ4v) is 2.66. The van der Waals surface area contributed by atoms with E-state index in [9.17, 15) is 5.11 Å². The molecule has 1 unspecified atom stereocenters. The zero-order valence-corrected chi connectivity index (χ0v) is 11.3. The lowest BCUT2D eigenvalue weighted by molar-refractivity contribution is 0.0413. The van der Waals surface area contributed by atoms with E-state index in [1.807, 2.05) is 12.1 Å². The van der Waals surface area contributed by atoms with E-state index in [4.69, 9.17) is 4.74 Å². The molecule has 2 heteroatoms. The van der Waals surface area contributed by atoms with Gasteiger partial charge in [-0.05, 0) is 42.9 Å². The highest BCUT2D eigenvalue weighted by Crippen LogP contribution is 2.26. The van der Waals surface area contributed by atoms with Gasteiger partial charge >= 0.3 is 0 Å². The predicted molar refractivity (Wildman–Crippen MR) is 73.9 cm³/mol. The highest BCUT2D eigenvalue weighted by atomic mass is 16.5. The first-order chi connectivity index (χ1) is 8.79. The van der Waals surface area contributed by atoms with Crippen molar-refractivity contribution in [3.63, 3.8) is 0 Å². The third-order valence-electron chi connectivity index (χ3n) is 3.95. The fourth-order valence-electron chi connectivity index (χ4n) is 2.66. The summed E-state index contributed by atoms with van der Waals surface area (Å²) in [4.78, 5) is 0. The van der Waals surface area contributed by atoms with Crippen LogP contribution in [0.3, 0.4) is 0 Å². The first-order valence-electron chi connectivity index (χ1n) is 7.19. The van der Waals surface area contributed by atoms with Crippen LogP contribution in [0.2, 0.25) is 0 Å². The van der Waals surface area contributed by atoms with Gasteiger partial charge in [0.2, 0.25) is 0 Å². The molecule has 0 spiro atoms. The number of hydrogen-bond donors (Lipinski definition) is 1. The van der Waals surface area contributed by atoms with Crippen molar-refractivity contribution in [2.75, 3.05) is 6.61 Å². The second kappa shape index (κ2) is 6.79. The highest BCUT2D eigenvalue weighted by molar-refractivity contribution is 5.27. The summed E-state index contributed by atoms with van der Waals surface area (Å²) in [6, 6.07) is 8.16. The lowest BCUT2D eigenvalue weighted by Gasteiger charge is -2.26. The SMILES string of the molecule is CCc1ccc(OCC(O)C2CCCCC2)cc1. The molecular formula is C16H24O2. The Morgan fingerprint density at radius 3 is 2.44 bits per heavy atom. The van der Waals surface area contributed by atoms with Gasteiger partial charge < -0.3 is 9.84 Å². The second-order valence-electron chi connectivity index (χ2n) is 5.27. The Bertz CT molecular complexity index is 339. The van der Waals surface area contributed by atoms with Crippen LogP contribution in [-0.4, -0.2) is 17.8 Å². The Labute approximate surface area is 110 Å². The van der Waals surface area contributed by atoms with Crippen molar-refractivity contribution in [1.82, 2.24) is 0 Å². The third-order valence-corrected chi connectivity index (χ3v) is 3.95. The number of aliphatic hydroxyl groups is 1. The minimum atomic E-state index is -0.309. The molecule has 0 bridgehead atoms. The summed E-state index contributed by atoms with van der Waals surface area (Å²) in [5.74, 6) is 1.30. The van der Waals surface area contributed by atoms with Gasteiger partial charge in [0.25, 0.3) is 0 Å². The molecule has 0 saturated heterocycles. The molecule has 0 aromatic heterocycles. The molecule has 1 aliphatic carbocycles. The average Bonchev–Trinajstić information content (AvgIpc) is 2.46. The minimum absolute atomic E-state index is 0.309. The quantitative estimate of drug-likeness (QED) is 0.863. The van der Waals surface area contributed by atoms with Gasteiger partial charge in [-0.3, -0.25) is 0 Å². The van der Waals surface area contributed by atoms with Crippen molar-refractivity contribution in [2.24, 2.45) is 5.92 Å². The van der Waals surface area contributed by atoms with Crippen molar-refractivity contribution in [3.8, 4) is 5.75 Å². The summed E-state index contributed by atoms with van der Waals surface area (Å²) >= 11 is 0. The third kappa shape index (κ3) is 3.74. The number of benzene rings is 1. The van der Waals surface area contributed by atoms with Gasteiger partial charge in [-0.25, -0.2) is 0 Å². The Balaban J connectivity index is 1.78. The number of aryl methyl sites for hydroxylation is 1. The van der Waals surface area contributed by atoms with E-state index >= 15 is 0 Å². The number of rotatable bonds is 5. The summed E-state index contributed by atoms with van der Waals surface area (Å²) in [6.07, 6.45) is 6.88. The molecule has 2 rings (SSSR count). The van der Waals surface area contributed by atoms with Crippen molar-refractivity contribution in [1.29, 1.82) is 0 Å². The molecule has 1 atom stereocenters. The first-order valence-corrected chi connectivity index (χ1v) is 7.19. The normalized spacial score (nSPS) is 18.6. The van der Waals surface area contributed by atoms with Gasteiger partial charge in [-0.1, -0.05) is 38.3 Å². The molecule has 0 aliphatic heterocycles. The number of ether oxygens (including phenoxy) is 1. The lowest BCUT2D eigenvalue weighted by Crippen LogP contribution is -2.28. The van der Waals surface area contributed by atoms with Gasteiger partial charge in [0, 0.05) is 0 Å². The fraction of sp³-hybridized carbons (Fsp3) is 0.625. The first kappa shape index (κ1) is 13.4. The molecule has 1 aromatic carbocycles. The number of hydrogen-bond acceptors (Lipinski definition) is 2. The van der Waals surface area contributed by atoms with Crippen molar-refractivity contribution < 1.29 is 9.84 Å². The molecule has 1 N–H and O–H groups in total. The van der Waals surface area contributed by atoms with Crippen LogP contribution >= 0.6 is 0 Å². The maximum absolute atomic E-state index is 10.1. The Kier molecular flexibility index (Phi) is 5.06. The minimum Gasteiger partial charge on any atom is -0.491 e. The van der Waals surface area contributed by atoms with Crippen LogP contribution < -0.4 is 4.74 Å². The van der Waals surface area contributed by atoms with Gasteiger partial charge in [-0.15, -0.1) is 0 Å².